The number of methoxy groups -OCH3 is 1. The number of hydrogen-bond acceptors (Lipinski definition) is 2. The second kappa shape index (κ2) is 5.23. The minimum atomic E-state index is 0.648. The zero-order valence-electron chi connectivity index (χ0n) is 8.64. The highest BCUT2D eigenvalue weighted by molar-refractivity contribution is 6.32. The van der Waals surface area contributed by atoms with Crippen molar-refractivity contribution in [1.29, 1.82) is 0 Å². The maximum Gasteiger partial charge on any atom is 0.137 e. The van der Waals surface area contributed by atoms with E-state index in [2.05, 4.69) is 6.92 Å². The van der Waals surface area contributed by atoms with Gasteiger partial charge in [0.2, 0.25) is 0 Å². The lowest BCUT2D eigenvalue weighted by Gasteiger charge is -2.10. The SMILES string of the molecule is CCc1cc(OC)c(Cl)cc1CCN. The Morgan fingerprint density at radius 2 is 2.07 bits per heavy atom. The summed E-state index contributed by atoms with van der Waals surface area (Å²) in [6.45, 7) is 2.76. The first-order chi connectivity index (χ1) is 6.72. The summed E-state index contributed by atoms with van der Waals surface area (Å²) in [7, 11) is 1.63. The van der Waals surface area contributed by atoms with Gasteiger partial charge in [0.25, 0.3) is 0 Å². The normalized spacial score (nSPS) is 10.3. The molecule has 1 rings (SSSR count). The average molecular weight is 214 g/mol. The molecule has 0 radical (unpaired) electrons. The molecule has 2 nitrogen and oxygen atoms in total. The monoisotopic (exact) mass is 213 g/mol. The quantitative estimate of drug-likeness (QED) is 0.834. The maximum atomic E-state index is 6.03. The van der Waals surface area contributed by atoms with Crippen molar-refractivity contribution in [2.45, 2.75) is 19.8 Å². The second-order valence-corrected chi connectivity index (χ2v) is 3.55. The van der Waals surface area contributed by atoms with Gasteiger partial charge in [0.1, 0.15) is 5.75 Å². The first-order valence-electron chi connectivity index (χ1n) is 4.78. The summed E-state index contributed by atoms with van der Waals surface area (Å²) in [5.74, 6) is 0.740. The van der Waals surface area contributed by atoms with E-state index in [0.717, 1.165) is 18.6 Å². The third-order valence-electron chi connectivity index (χ3n) is 2.27. The zero-order chi connectivity index (χ0) is 10.6. The molecule has 0 amide bonds. The van der Waals surface area contributed by atoms with E-state index in [4.69, 9.17) is 22.1 Å². The Kier molecular flexibility index (Phi) is 4.23. The summed E-state index contributed by atoms with van der Waals surface area (Å²) >= 11 is 6.03. The predicted octanol–water partition coefficient (Wildman–Crippen LogP) is 2.41. The van der Waals surface area contributed by atoms with E-state index in [1.165, 1.54) is 11.1 Å². The van der Waals surface area contributed by atoms with E-state index in [1.54, 1.807) is 7.11 Å². The van der Waals surface area contributed by atoms with Crippen LogP contribution in [-0.4, -0.2) is 13.7 Å². The highest BCUT2D eigenvalue weighted by Gasteiger charge is 2.07. The summed E-state index contributed by atoms with van der Waals surface area (Å²) in [5, 5.41) is 0.660. The standard InChI is InChI=1S/C11H16ClNO/c1-3-8-7-11(14-2)10(12)6-9(8)4-5-13/h6-7H,3-5,13H2,1-2H3. The van der Waals surface area contributed by atoms with E-state index in [1.807, 2.05) is 12.1 Å². The Bertz CT molecular complexity index is 312. The van der Waals surface area contributed by atoms with Crippen LogP contribution in [-0.2, 0) is 12.8 Å². The van der Waals surface area contributed by atoms with Crippen LogP contribution in [0.25, 0.3) is 0 Å². The molecule has 0 unspecified atom stereocenters. The maximum absolute atomic E-state index is 6.03. The van der Waals surface area contributed by atoms with Crippen LogP contribution in [0.4, 0.5) is 0 Å². The fraction of sp³-hybridized carbons (Fsp3) is 0.455. The molecule has 0 heterocycles. The van der Waals surface area contributed by atoms with E-state index in [0.29, 0.717) is 11.6 Å². The van der Waals surface area contributed by atoms with Crippen molar-refractivity contribution < 1.29 is 4.74 Å². The van der Waals surface area contributed by atoms with Crippen LogP contribution in [0, 0.1) is 0 Å². The van der Waals surface area contributed by atoms with Crippen LogP contribution in [0.3, 0.4) is 0 Å². The van der Waals surface area contributed by atoms with E-state index in [9.17, 15) is 0 Å². The lowest BCUT2D eigenvalue weighted by atomic mass is 10.0. The van der Waals surface area contributed by atoms with Crippen molar-refractivity contribution >= 4 is 11.6 Å². The summed E-state index contributed by atoms with van der Waals surface area (Å²) < 4.78 is 5.16. The topological polar surface area (TPSA) is 35.2 Å². The zero-order valence-corrected chi connectivity index (χ0v) is 9.40. The van der Waals surface area contributed by atoms with Crippen LogP contribution in [0.1, 0.15) is 18.1 Å². The molecule has 0 spiro atoms. The number of halogens is 1. The number of rotatable bonds is 4. The summed E-state index contributed by atoms with van der Waals surface area (Å²) in [6, 6.07) is 3.94. The number of benzene rings is 1. The van der Waals surface area contributed by atoms with Gasteiger partial charge in [-0.05, 0) is 42.6 Å². The molecule has 0 saturated carbocycles. The molecule has 78 valence electrons. The fourth-order valence-corrected chi connectivity index (χ4v) is 1.77. The third kappa shape index (κ3) is 2.40. The van der Waals surface area contributed by atoms with Crippen LogP contribution in [0.2, 0.25) is 5.02 Å². The van der Waals surface area contributed by atoms with Crippen molar-refractivity contribution in [1.82, 2.24) is 0 Å². The van der Waals surface area contributed by atoms with E-state index >= 15 is 0 Å². The first kappa shape index (κ1) is 11.3. The molecule has 2 N–H and O–H groups in total. The predicted molar refractivity (Wildman–Crippen MR) is 60.1 cm³/mol. The number of hydrogen-bond donors (Lipinski definition) is 1. The Morgan fingerprint density at radius 1 is 1.36 bits per heavy atom. The molecule has 0 aliphatic rings. The highest BCUT2D eigenvalue weighted by atomic mass is 35.5. The molecule has 0 aromatic heterocycles. The van der Waals surface area contributed by atoms with Crippen molar-refractivity contribution in [3.8, 4) is 5.75 Å². The fourth-order valence-electron chi connectivity index (χ4n) is 1.51. The summed E-state index contributed by atoms with van der Waals surface area (Å²) in [6.07, 6.45) is 1.84. The molecular formula is C11H16ClNO. The minimum Gasteiger partial charge on any atom is -0.495 e. The first-order valence-corrected chi connectivity index (χ1v) is 5.16. The molecule has 3 heteroatoms. The van der Waals surface area contributed by atoms with E-state index < -0.39 is 0 Å². The Hall–Kier alpha value is -0.730. The van der Waals surface area contributed by atoms with Gasteiger partial charge in [0.05, 0.1) is 12.1 Å². The van der Waals surface area contributed by atoms with Gasteiger partial charge < -0.3 is 10.5 Å². The van der Waals surface area contributed by atoms with Crippen molar-refractivity contribution in [2.24, 2.45) is 5.73 Å². The lowest BCUT2D eigenvalue weighted by molar-refractivity contribution is 0.414. The van der Waals surface area contributed by atoms with Crippen molar-refractivity contribution in [3.63, 3.8) is 0 Å². The summed E-state index contributed by atoms with van der Waals surface area (Å²) in [4.78, 5) is 0. The van der Waals surface area contributed by atoms with Gasteiger partial charge >= 0.3 is 0 Å². The van der Waals surface area contributed by atoms with Gasteiger partial charge in [0, 0.05) is 0 Å². The number of ether oxygens (including phenoxy) is 1. The minimum absolute atomic E-state index is 0.648. The molecule has 1 aromatic rings. The second-order valence-electron chi connectivity index (χ2n) is 3.15. The Labute approximate surface area is 90.0 Å². The molecule has 1 aromatic carbocycles. The van der Waals surface area contributed by atoms with Gasteiger partial charge in [-0.2, -0.15) is 0 Å². The molecule has 0 atom stereocenters. The van der Waals surface area contributed by atoms with Crippen molar-refractivity contribution in [2.75, 3.05) is 13.7 Å². The Morgan fingerprint density at radius 3 is 2.57 bits per heavy atom. The number of aryl methyl sites for hydroxylation is 1. The lowest BCUT2D eigenvalue weighted by Crippen LogP contribution is -2.05. The van der Waals surface area contributed by atoms with Gasteiger partial charge in [0.15, 0.2) is 0 Å². The van der Waals surface area contributed by atoms with E-state index in [-0.39, 0.29) is 0 Å². The molecule has 14 heavy (non-hydrogen) atoms. The smallest absolute Gasteiger partial charge is 0.137 e. The van der Waals surface area contributed by atoms with Crippen LogP contribution < -0.4 is 10.5 Å². The highest BCUT2D eigenvalue weighted by Crippen LogP contribution is 2.28. The molecule has 0 aliphatic carbocycles. The van der Waals surface area contributed by atoms with Crippen molar-refractivity contribution in [3.05, 3.63) is 28.3 Å². The largest absolute Gasteiger partial charge is 0.495 e. The molecular weight excluding hydrogens is 198 g/mol. The molecule has 0 fully saturated rings. The van der Waals surface area contributed by atoms with Gasteiger partial charge in [-0.1, -0.05) is 18.5 Å². The van der Waals surface area contributed by atoms with Gasteiger partial charge in [-0.25, -0.2) is 0 Å². The average Bonchev–Trinajstić information content (AvgIpc) is 2.19. The van der Waals surface area contributed by atoms with Gasteiger partial charge in [-0.3, -0.25) is 0 Å². The molecule has 0 aliphatic heterocycles. The third-order valence-corrected chi connectivity index (χ3v) is 2.56. The van der Waals surface area contributed by atoms with Crippen LogP contribution >= 0.6 is 11.6 Å². The molecule has 0 saturated heterocycles. The van der Waals surface area contributed by atoms with Gasteiger partial charge in [-0.15, -0.1) is 0 Å². The van der Waals surface area contributed by atoms with Crippen LogP contribution in [0.15, 0.2) is 12.1 Å². The number of nitrogens with two attached hydrogens (primary N) is 1. The van der Waals surface area contributed by atoms with Crippen LogP contribution in [0.5, 0.6) is 5.75 Å². The summed E-state index contributed by atoms with van der Waals surface area (Å²) in [5.41, 5.74) is 8.01. The Balaban J connectivity index is 3.10. The molecule has 0 bridgehead atoms.